The lowest BCUT2D eigenvalue weighted by Gasteiger charge is -2.30. The van der Waals surface area contributed by atoms with Gasteiger partial charge in [-0.15, -0.1) is 0 Å². The number of nitrogens with one attached hydrogen (secondary N) is 2. The zero-order valence-corrected chi connectivity index (χ0v) is 53.8. The van der Waals surface area contributed by atoms with Crippen LogP contribution in [-0.4, -0.2) is 138 Å². The molecule has 0 aliphatic carbocycles. The first-order valence-corrected chi connectivity index (χ1v) is 36.0. The fourth-order valence-corrected chi connectivity index (χ4v) is 15.8. The summed E-state index contributed by atoms with van der Waals surface area (Å²) >= 11 is 0. The van der Waals surface area contributed by atoms with E-state index in [4.69, 9.17) is 9.47 Å². The van der Waals surface area contributed by atoms with E-state index in [1.54, 1.807) is 72.9 Å². The summed E-state index contributed by atoms with van der Waals surface area (Å²) < 4.78 is 149. The minimum Gasteiger partial charge on any atom is -0.465 e. The maximum Gasteiger partial charge on any atom is 0.338 e. The number of benzene rings is 5. The second-order valence-electron chi connectivity index (χ2n) is 21.8. The maximum atomic E-state index is 13.6. The molecule has 5 aromatic carbocycles. The third kappa shape index (κ3) is 18.1. The number of carbonyl (C=O) groups excluding carboxylic acids is 3. The van der Waals surface area contributed by atoms with Crippen molar-refractivity contribution in [1.29, 1.82) is 0 Å². The number of amides is 2. The monoisotopic (exact) mass is 1320 g/mol. The van der Waals surface area contributed by atoms with Crippen LogP contribution in [0, 0.1) is 0 Å². The van der Waals surface area contributed by atoms with E-state index in [2.05, 4.69) is 10.6 Å². The van der Waals surface area contributed by atoms with Gasteiger partial charge in [0.2, 0.25) is 11.6 Å². The summed E-state index contributed by atoms with van der Waals surface area (Å²) in [6.45, 7) is 4.84. The van der Waals surface area contributed by atoms with Gasteiger partial charge in [-0.05, 0) is 131 Å². The Bertz CT molecular complexity index is 4010. The van der Waals surface area contributed by atoms with Crippen LogP contribution in [0.4, 0.5) is 11.4 Å². The van der Waals surface area contributed by atoms with Crippen LogP contribution in [0.25, 0.3) is 0 Å². The van der Waals surface area contributed by atoms with Gasteiger partial charge in [-0.1, -0.05) is 91.0 Å². The summed E-state index contributed by atoms with van der Waals surface area (Å²) in [6.07, 6.45) is 14.3. The van der Waals surface area contributed by atoms with E-state index >= 15 is 0 Å². The minimum atomic E-state index is -4.68. The number of rotatable bonds is 31. The molecule has 2 heterocycles. The predicted molar refractivity (Wildman–Crippen MR) is 343 cm³/mol. The van der Waals surface area contributed by atoms with Gasteiger partial charge in [0.1, 0.15) is 6.54 Å². The van der Waals surface area contributed by atoms with Crippen molar-refractivity contribution in [2.75, 3.05) is 63.4 Å². The fourth-order valence-electron chi connectivity index (χ4n) is 11.3. The second-order valence-corrected chi connectivity index (χ2v) is 29.9. The van der Waals surface area contributed by atoms with Crippen LogP contribution in [0.1, 0.15) is 97.1 Å². The molecular formula is C63H74N4O17PS4+. The number of anilines is 1. The van der Waals surface area contributed by atoms with E-state index < -0.39 is 82.6 Å². The third-order valence-electron chi connectivity index (χ3n) is 15.6. The molecule has 0 saturated carbocycles. The molecule has 0 bridgehead atoms. The Labute approximate surface area is 522 Å². The SMILES string of the molecule is COCCN1C(=CC=CC=CC=CC2=[N+](CCCCCC(=O)NCCNC(=O)c3ccc(C(=O)OC)c(P(c4ccccc4)c4ccccc4)c3)c3ccc(S(=O)(=O)O)cc3C2(C)CCCS(=O)(=O)O)C(C)(CCCS(=O)(=O)O)c2cc(S(=O)(=O)O)ccc21. The molecule has 2 atom stereocenters. The van der Waals surface area contributed by atoms with Gasteiger partial charge in [-0.25, -0.2) is 4.79 Å². The largest absolute Gasteiger partial charge is 0.465 e. The average molecular weight is 1320 g/mol. The summed E-state index contributed by atoms with van der Waals surface area (Å²) in [6, 6.07) is 32.7. The summed E-state index contributed by atoms with van der Waals surface area (Å²) in [7, 11) is -16.5. The highest BCUT2D eigenvalue weighted by Crippen LogP contribution is 2.51. The van der Waals surface area contributed by atoms with Gasteiger partial charge < -0.3 is 25.0 Å². The molecule has 2 unspecified atom stereocenters. The summed E-state index contributed by atoms with van der Waals surface area (Å²) in [5.74, 6) is -2.28. The summed E-state index contributed by atoms with van der Waals surface area (Å²) in [5, 5.41) is 8.32. The highest BCUT2D eigenvalue weighted by atomic mass is 32.2. The van der Waals surface area contributed by atoms with E-state index in [1.807, 2.05) is 84.0 Å². The topological polar surface area (TPSA) is 317 Å². The van der Waals surface area contributed by atoms with Gasteiger partial charge in [0, 0.05) is 85.0 Å². The van der Waals surface area contributed by atoms with Gasteiger partial charge in [0.15, 0.2) is 5.71 Å². The Hall–Kier alpha value is -7.03. The normalized spacial score (nSPS) is 17.5. The lowest BCUT2D eigenvalue weighted by Crippen LogP contribution is -2.35. The molecule has 0 fully saturated rings. The maximum absolute atomic E-state index is 13.6. The molecule has 476 valence electrons. The summed E-state index contributed by atoms with van der Waals surface area (Å²) in [4.78, 5) is 41.0. The van der Waals surface area contributed by atoms with E-state index in [9.17, 15) is 66.3 Å². The molecule has 2 aliphatic rings. The zero-order valence-electron chi connectivity index (χ0n) is 49.7. The standard InChI is InChI=1S/C63H73N4O17PS4/c1-62(34-19-41-86(71,72)73)52-44-49(88(77,78)79)29-32-54(52)66(57(62)25-15-6-5-7-16-26-58-63(2,35-20-42-87(74,75)76)53-45-50(89(80,81)82)30-33-55(53)67(58)39-40-83-3)38-18-10-17-27-59(68)64-36-37-65-60(69)46-28-31-51(61(70)84-4)56(43-46)85(47-21-11-8-12-22-47)48-23-13-9-14-24-48/h5-9,11-16,21-26,28-33,43-45H,10,17-20,27,34-42H2,1-4H3,(H5-,64,65,68,69,71,72,73,74,75,76,77,78,79,80,81,82)/p+1. The number of carbonyl (C=O) groups is 3. The number of allylic oxidation sites excluding steroid dienone is 8. The van der Waals surface area contributed by atoms with Crippen molar-refractivity contribution in [1.82, 2.24) is 10.6 Å². The molecule has 0 spiro atoms. The third-order valence-corrected chi connectivity index (χ3v) is 21.4. The van der Waals surface area contributed by atoms with Crippen molar-refractivity contribution in [3.8, 4) is 0 Å². The zero-order chi connectivity index (χ0) is 64.8. The molecule has 2 amide bonds. The number of fused-ring (bicyclic) bond motifs is 2. The van der Waals surface area contributed by atoms with Crippen LogP contribution in [-0.2, 0) is 65.6 Å². The van der Waals surface area contributed by atoms with Gasteiger partial charge >= 0.3 is 5.97 Å². The Morgan fingerprint density at radius 3 is 1.80 bits per heavy atom. The van der Waals surface area contributed by atoms with Crippen LogP contribution >= 0.6 is 7.92 Å². The van der Waals surface area contributed by atoms with Gasteiger partial charge in [0.25, 0.3) is 46.4 Å². The number of hydrogen-bond donors (Lipinski definition) is 6. The van der Waals surface area contributed by atoms with Crippen LogP contribution in [0.2, 0.25) is 0 Å². The number of esters is 1. The molecule has 2 aliphatic heterocycles. The first-order chi connectivity index (χ1) is 42.1. The molecule has 21 nitrogen and oxygen atoms in total. The van der Waals surface area contributed by atoms with Crippen LogP contribution in [0.5, 0.6) is 0 Å². The first kappa shape index (κ1) is 69.4. The van der Waals surface area contributed by atoms with E-state index in [0.29, 0.717) is 82.7 Å². The van der Waals surface area contributed by atoms with Crippen molar-refractivity contribution in [2.45, 2.75) is 85.8 Å². The quantitative estimate of drug-likeness (QED) is 0.00624. The van der Waals surface area contributed by atoms with E-state index in [1.165, 1.54) is 38.5 Å². The smallest absolute Gasteiger partial charge is 0.338 e. The molecular weight excluding hydrogens is 1240 g/mol. The van der Waals surface area contributed by atoms with E-state index in [-0.39, 0.29) is 67.5 Å². The van der Waals surface area contributed by atoms with Gasteiger partial charge in [-0.2, -0.15) is 38.2 Å². The fraction of sp³-hybridized carbons (Fsp3) is 0.333. The van der Waals surface area contributed by atoms with Crippen molar-refractivity contribution in [3.63, 3.8) is 0 Å². The van der Waals surface area contributed by atoms with Crippen LogP contribution < -0.4 is 31.4 Å². The molecule has 0 saturated heterocycles. The number of hydrogen-bond acceptors (Lipinski definition) is 14. The first-order valence-electron chi connectivity index (χ1n) is 28.5. The van der Waals surface area contributed by atoms with Crippen molar-refractivity contribution < 1.29 is 80.3 Å². The minimum absolute atomic E-state index is 0.0111. The summed E-state index contributed by atoms with van der Waals surface area (Å²) in [5.41, 5.74) is 2.14. The van der Waals surface area contributed by atoms with Gasteiger partial charge in [0.05, 0.1) is 46.0 Å². The van der Waals surface area contributed by atoms with Crippen LogP contribution in [0.15, 0.2) is 173 Å². The Kier molecular flexibility index (Phi) is 23.6. The number of methoxy groups -OCH3 is 2. The lowest BCUT2D eigenvalue weighted by atomic mass is 9.76. The predicted octanol–water partition coefficient (Wildman–Crippen LogP) is 7.50. The lowest BCUT2D eigenvalue weighted by molar-refractivity contribution is -0.438. The molecule has 6 N–H and O–H groups in total. The molecule has 0 aromatic heterocycles. The van der Waals surface area contributed by atoms with Gasteiger partial charge in [-0.3, -0.25) is 27.8 Å². The molecule has 0 radical (unpaired) electrons. The average Bonchev–Trinajstić information content (AvgIpc) is 1.64. The second kappa shape index (κ2) is 30.2. The number of unbranched alkanes of at least 4 members (excludes halogenated alkanes) is 2. The molecule has 5 aromatic rings. The highest BCUT2D eigenvalue weighted by Gasteiger charge is 2.48. The van der Waals surface area contributed by atoms with E-state index in [0.717, 1.165) is 10.6 Å². The van der Waals surface area contributed by atoms with Crippen molar-refractivity contribution in [2.24, 2.45) is 0 Å². The molecule has 89 heavy (non-hydrogen) atoms. The molecule has 26 heteroatoms. The van der Waals surface area contributed by atoms with Crippen LogP contribution in [0.3, 0.4) is 0 Å². The highest BCUT2D eigenvalue weighted by molar-refractivity contribution is 7.86. The Balaban J connectivity index is 1.05. The Morgan fingerprint density at radius 1 is 0.629 bits per heavy atom. The van der Waals surface area contributed by atoms with Crippen molar-refractivity contribution >= 4 is 99.2 Å². The van der Waals surface area contributed by atoms with Crippen molar-refractivity contribution in [3.05, 3.63) is 186 Å². The number of ether oxygens (including phenoxy) is 2. The number of nitrogens with zero attached hydrogens (tertiary/aromatic N) is 2. The molecule has 7 rings (SSSR count). The Morgan fingerprint density at radius 2 is 1.20 bits per heavy atom.